The van der Waals surface area contributed by atoms with Gasteiger partial charge in [0.2, 0.25) is 5.72 Å². The van der Waals surface area contributed by atoms with E-state index in [4.69, 9.17) is 4.74 Å². The molecule has 0 bridgehead atoms. The third-order valence-corrected chi connectivity index (χ3v) is 6.13. The first-order chi connectivity index (χ1) is 13.3. The van der Waals surface area contributed by atoms with Crippen LogP contribution in [0, 0.1) is 0 Å². The van der Waals surface area contributed by atoms with Gasteiger partial charge in [-0.15, -0.1) is 0 Å². The number of rotatable bonds is 6. The molecule has 1 aromatic rings. The van der Waals surface area contributed by atoms with Crippen molar-refractivity contribution in [1.29, 1.82) is 0 Å². The average molecular weight is 378 g/mol. The lowest BCUT2D eigenvalue weighted by Gasteiger charge is -2.46. The molecule has 0 aromatic heterocycles. The summed E-state index contributed by atoms with van der Waals surface area (Å²) >= 11 is 0. The van der Waals surface area contributed by atoms with Crippen molar-refractivity contribution >= 4 is 11.5 Å². The van der Waals surface area contributed by atoms with E-state index in [9.17, 15) is 4.79 Å². The summed E-state index contributed by atoms with van der Waals surface area (Å²) < 4.78 is 6.69. The Kier molecular flexibility index (Phi) is 5.38. The number of unbranched alkanes of at least 4 members (excludes halogenated alkanes) is 1. The molecule has 0 aliphatic carbocycles. The SMILES string of the molecule is C=C/C(=C\C1=C(C)C=CC2(O1)N(C)c1ccccc1C2(C)C)C(=O)CCCC. The number of hydrogen-bond acceptors (Lipinski definition) is 3. The molecule has 0 N–H and O–H groups in total. The molecular weight excluding hydrogens is 346 g/mol. The van der Waals surface area contributed by atoms with Crippen molar-refractivity contribution < 1.29 is 9.53 Å². The Hall–Kier alpha value is -2.55. The maximum atomic E-state index is 12.6. The molecule has 3 heteroatoms. The van der Waals surface area contributed by atoms with Crippen LogP contribution >= 0.6 is 0 Å². The normalized spacial score (nSPS) is 23.0. The molecule has 1 spiro atoms. The second-order valence-electron chi connectivity index (χ2n) is 8.21. The number of allylic oxidation sites excluding steroid dienone is 5. The quantitative estimate of drug-likeness (QED) is 0.460. The lowest BCUT2D eigenvalue weighted by atomic mass is 9.76. The number of likely N-dealkylation sites (N-methyl/N-ethyl adjacent to an activating group) is 1. The van der Waals surface area contributed by atoms with E-state index in [1.54, 1.807) is 6.08 Å². The molecule has 1 atom stereocenters. The van der Waals surface area contributed by atoms with E-state index >= 15 is 0 Å². The zero-order valence-corrected chi connectivity index (χ0v) is 17.7. The van der Waals surface area contributed by atoms with E-state index < -0.39 is 5.72 Å². The Labute approximate surface area is 169 Å². The fourth-order valence-electron chi connectivity index (χ4n) is 4.22. The number of carbonyl (C=O) groups is 1. The predicted octanol–water partition coefficient (Wildman–Crippen LogP) is 5.84. The molecule has 2 aliphatic rings. The van der Waals surface area contributed by atoms with Crippen LogP contribution in [0.2, 0.25) is 0 Å². The number of fused-ring (bicyclic) bond motifs is 1. The van der Waals surface area contributed by atoms with Crippen LogP contribution in [0.25, 0.3) is 0 Å². The number of Topliss-reactive ketones (excluding diaryl/α,β-unsaturated/α-hetero) is 1. The maximum absolute atomic E-state index is 12.6. The van der Waals surface area contributed by atoms with E-state index in [1.165, 1.54) is 11.3 Å². The van der Waals surface area contributed by atoms with Crippen LogP contribution in [0.15, 0.2) is 72.1 Å². The lowest BCUT2D eigenvalue weighted by Crippen LogP contribution is -2.55. The summed E-state index contributed by atoms with van der Waals surface area (Å²) in [6.45, 7) is 12.4. The summed E-state index contributed by atoms with van der Waals surface area (Å²) in [5, 5.41) is 0. The smallest absolute Gasteiger partial charge is 0.211 e. The van der Waals surface area contributed by atoms with Gasteiger partial charge in [0.05, 0.1) is 5.41 Å². The molecule has 2 aliphatic heterocycles. The van der Waals surface area contributed by atoms with Crippen molar-refractivity contribution in [1.82, 2.24) is 0 Å². The van der Waals surface area contributed by atoms with E-state index in [2.05, 4.69) is 75.7 Å². The van der Waals surface area contributed by atoms with Gasteiger partial charge in [-0.3, -0.25) is 4.79 Å². The van der Waals surface area contributed by atoms with Crippen LogP contribution in [-0.2, 0) is 14.9 Å². The van der Waals surface area contributed by atoms with Crippen molar-refractivity contribution in [3.8, 4) is 0 Å². The van der Waals surface area contributed by atoms with Crippen LogP contribution in [0.1, 0.15) is 52.5 Å². The molecule has 2 heterocycles. The Morgan fingerprint density at radius 2 is 2.00 bits per heavy atom. The van der Waals surface area contributed by atoms with Crippen LogP contribution in [0.5, 0.6) is 0 Å². The highest BCUT2D eigenvalue weighted by atomic mass is 16.5. The molecule has 3 nitrogen and oxygen atoms in total. The second-order valence-corrected chi connectivity index (χ2v) is 8.21. The van der Waals surface area contributed by atoms with Gasteiger partial charge in [0.15, 0.2) is 5.78 Å². The number of benzene rings is 1. The van der Waals surface area contributed by atoms with Crippen LogP contribution < -0.4 is 4.90 Å². The van der Waals surface area contributed by atoms with Crippen LogP contribution in [-0.4, -0.2) is 18.6 Å². The van der Waals surface area contributed by atoms with Crippen molar-refractivity contribution in [3.63, 3.8) is 0 Å². The van der Waals surface area contributed by atoms with Gasteiger partial charge in [0.25, 0.3) is 0 Å². The fraction of sp³-hybridized carbons (Fsp3) is 0.400. The van der Waals surface area contributed by atoms with E-state index in [0.29, 0.717) is 12.0 Å². The standard InChI is InChI=1S/C25H31NO2/c1-7-9-14-22(27)19(8-2)17-23-18(3)15-16-25(28-23)24(4,5)20-12-10-11-13-21(20)26(25)6/h8,10-13,15-17H,2,7,9,14H2,1,3-6H3/b19-17+. The summed E-state index contributed by atoms with van der Waals surface area (Å²) in [5.74, 6) is 0.849. The van der Waals surface area contributed by atoms with Gasteiger partial charge in [-0.05, 0) is 56.5 Å². The fourth-order valence-corrected chi connectivity index (χ4v) is 4.22. The number of para-hydroxylation sites is 1. The zero-order chi connectivity index (χ0) is 20.5. The number of hydrogen-bond donors (Lipinski definition) is 0. The van der Waals surface area contributed by atoms with E-state index in [1.807, 2.05) is 13.0 Å². The Morgan fingerprint density at radius 3 is 2.64 bits per heavy atom. The molecule has 0 radical (unpaired) electrons. The zero-order valence-electron chi connectivity index (χ0n) is 17.7. The number of nitrogens with zero attached hydrogens (tertiary/aromatic N) is 1. The van der Waals surface area contributed by atoms with E-state index in [-0.39, 0.29) is 11.2 Å². The third-order valence-electron chi connectivity index (χ3n) is 6.13. The molecule has 1 unspecified atom stereocenters. The van der Waals surface area contributed by atoms with Crippen LogP contribution in [0.4, 0.5) is 5.69 Å². The molecule has 28 heavy (non-hydrogen) atoms. The highest BCUT2D eigenvalue weighted by Crippen LogP contribution is 2.54. The first-order valence-corrected chi connectivity index (χ1v) is 10.1. The van der Waals surface area contributed by atoms with Crippen molar-refractivity contribution in [2.45, 2.75) is 58.1 Å². The van der Waals surface area contributed by atoms with Gasteiger partial charge >= 0.3 is 0 Å². The number of ether oxygens (including phenoxy) is 1. The second kappa shape index (κ2) is 7.46. The molecule has 0 fully saturated rings. The summed E-state index contributed by atoms with van der Waals surface area (Å²) in [6, 6.07) is 8.43. The molecule has 0 saturated heterocycles. The Balaban J connectivity index is 2.00. The minimum absolute atomic E-state index is 0.117. The molecule has 1 aromatic carbocycles. The van der Waals surface area contributed by atoms with Crippen molar-refractivity contribution in [3.05, 3.63) is 77.6 Å². The molecule has 3 rings (SSSR count). The molecule has 0 amide bonds. The van der Waals surface area contributed by atoms with Crippen molar-refractivity contribution in [2.75, 3.05) is 11.9 Å². The van der Waals surface area contributed by atoms with Crippen LogP contribution in [0.3, 0.4) is 0 Å². The first-order valence-electron chi connectivity index (χ1n) is 10.1. The summed E-state index contributed by atoms with van der Waals surface area (Å²) in [4.78, 5) is 14.8. The van der Waals surface area contributed by atoms with E-state index in [0.717, 1.165) is 24.2 Å². The lowest BCUT2D eigenvalue weighted by molar-refractivity contribution is -0.115. The summed E-state index contributed by atoms with van der Waals surface area (Å²) in [5.41, 5.74) is 3.16. The van der Waals surface area contributed by atoms with Gasteiger partial charge < -0.3 is 9.64 Å². The molecule has 148 valence electrons. The van der Waals surface area contributed by atoms with Gasteiger partial charge in [-0.2, -0.15) is 0 Å². The topological polar surface area (TPSA) is 29.5 Å². The van der Waals surface area contributed by atoms with Crippen molar-refractivity contribution in [2.24, 2.45) is 0 Å². The number of carbonyl (C=O) groups excluding carboxylic acids is 1. The minimum Gasteiger partial charge on any atom is -0.463 e. The largest absolute Gasteiger partial charge is 0.463 e. The third kappa shape index (κ3) is 3.03. The Bertz CT molecular complexity index is 888. The maximum Gasteiger partial charge on any atom is 0.211 e. The minimum atomic E-state index is -0.638. The molecule has 0 saturated carbocycles. The Morgan fingerprint density at radius 1 is 1.29 bits per heavy atom. The summed E-state index contributed by atoms with van der Waals surface area (Å²) in [6.07, 6.45) is 10.2. The highest BCUT2D eigenvalue weighted by molar-refractivity contribution is 5.98. The average Bonchev–Trinajstić information content (AvgIpc) is 2.85. The monoisotopic (exact) mass is 377 g/mol. The van der Waals surface area contributed by atoms with Gasteiger partial charge in [-0.1, -0.05) is 50.3 Å². The summed E-state index contributed by atoms with van der Waals surface area (Å²) in [7, 11) is 2.07. The first kappa shape index (κ1) is 20.2. The molecular formula is C25H31NO2. The van der Waals surface area contributed by atoms with Gasteiger partial charge in [0.1, 0.15) is 5.76 Å². The van der Waals surface area contributed by atoms with Gasteiger partial charge in [0, 0.05) is 24.7 Å². The number of ketones is 1. The predicted molar refractivity (Wildman–Crippen MR) is 116 cm³/mol. The number of anilines is 1. The van der Waals surface area contributed by atoms with Gasteiger partial charge in [-0.25, -0.2) is 0 Å². The highest BCUT2D eigenvalue weighted by Gasteiger charge is 2.57.